The van der Waals surface area contributed by atoms with Crippen LogP contribution in [0.25, 0.3) is 0 Å². The lowest BCUT2D eigenvalue weighted by molar-refractivity contribution is -0.156. The molecular formula is C13H28O4Si2. The van der Waals surface area contributed by atoms with Crippen LogP contribution < -0.4 is 0 Å². The molecule has 0 aliphatic heterocycles. The maximum atomic E-state index is 11.7. The van der Waals surface area contributed by atoms with Gasteiger partial charge in [-0.1, -0.05) is 39.3 Å². The molecule has 0 aliphatic rings. The van der Waals surface area contributed by atoms with Crippen molar-refractivity contribution in [2.75, 3.05) is 0 Å². The fourth-order valence-electron chi connectivity index (χ4n) is 0.949. The lowest BCUT2D eigenvalue weighted by atomic mass is 10.4. The predicted octanol–water partition coefficient (Wildman–Crippen LogP) is 2.99. The second kappa shape index (κ2) is 6.70. The Morgan fingerprint density at radius 1 is 0.789 bits per heavy atom. The number of carbonyl (C=O) groups is 2. The molecule has 0 bridgehead atoms. The molecule has 0 fully saturated rings. The molecule has 0 N–H and O–H groups in total. The molecule has 0 aromatic carbocycles. The standard InChI is InChI=1S/C13H28O4Si2/c1-10(18(3,4)5)16-12(14)9-13(15)17-11(2)19(6,7)8/h10-11H,9H2,1-8H3. The zero-order chi connectivity index (χ0) is 15.4. The average molecular weight is 305 g/mol. The van der Waals surface area contributed by atoms with Crippen molar-refractivity contribution >= 4 is 28.1 Å². The molecule has 0 amide bonds. The largest absolute Gasteiger partial charge is 0.466 e. The average Bonchev–Trinajstić information content (AvgIpc) is 2.13. The molecule has 0 heterocycles. The Hall–Kier alpha value is -0.626. The van der Waals surface area contributed by atoms with E-state index in [0.29, 0.717) is 0 Å². The lowest BCUT2D eigenvalue weighted by Crippen LogP contribution is -2.41. The van der Waals surface area contributed by atoms with Crippen molar-refractivity contribution in [2.24, 2.45) is 0 Å². The van der Waals surface area contributed by atoms with Crippen LogP contribution in [-0.4, -0.2) is 39.5 Å². The molecular weight excluding hydrogens is 276 g/mol. The SMILES string of the molecule is CC(OC(=O)CC(=O)OC(C)[Si](C)(C)C)[Si](C)(C)C. The third-order valence-corrected chi connectivity index (χ3v) is 8.46. The van der Waals surface area contributed by atoms with Gasteiger partial charge in [-0.15, -0.1) is 0 Å². The van der Waals surface area contributed by atoms with Gasteiger partial charge in [0.2, 0.25) is 0 Å². The first-order valence-electron chi connectivity index (χ1n) is 6.73. The van der Waals surface area contributed by atoms with Gasteiger partial charge in [-0.05, 0) is 13.8 Å². The van der Waals surface area contributed by atoms with Crippen molar-refractivity contribution in [3.63, 3.8) is 0 Å². The van der Waals surface area contributed by atoms with Crippen molar-refractivity contribution in [3.8, 4) is 0 Å². The molecule has 0 radical (unpaired) electrons. The summed E-state index contributed by atoms with van der Waals surface area (Å²) in [5.74, 6) is -0.967. The molecule has 19 heavy (non-hydrogen) atoms. The Morgan fingerprint density at radius 3 is 1.26 bits per heavy atom. The van der Waals surface area contributed by atoms with Crippen LogP contribution in [0.3, 0.4) is 0 Å². The van der Waals surface area contributed by atoms with E-state index in [4.69, 9.17) is 9.47 Å². The summed E-state index contributed by atoms with van der Waals surface area (Å²) in [6, 6.07) is 0. The second-order valence-electron chi connectivity index (χ2n) is 7.17. The van der Waals surface area contributed by atoms with E-state index in [2.05, 4.69) is 39.3 Å². The molecule has 4 nitrogen and oxygen atoms in total. The van der Waals surface area contributed by atoms with E-state index in [-0.39, 0.29) is 17.9 Å². The highest BCUT2D eigenvalue weighted by Gasteiger charge is 2.29. The van der Waals surface area contributed by atoms with Gasteiger partial charge in [0, 0.05) is 0 Å². The highest BCUT2D eigenvalue weighted by Crippen LogP contribution is 2.14. The van der Waals surface area contributed by atoms with Gasteiger partial charge in [0.25, 0.3) is 0 Å². The molecule has 6 heteroatoms. The molecule has 2 unspecified atom stereocenters. The Morgan fingerprint density at radius 2 is 1.05 bits per heavy atom. The zero-order valence-corrected chi connectivity index (χ0v) is 15.5. The monoisotopic (exact) mass is 304 g/mol. The van der Waals surface area contributed by atoms with E-state index in [1.807, 2.05) is 13.8 Å². The maximum Gasteiger partial charge on any atom is 0.317 e. The molecule has 0 spiro atoms. The summed E-state index contributed by atoms with van der Waals surface area (Å²) in [7, 11) is -3.05. The van der Waals surface area contributed by atoms with Crippen LogP contribution in [-0.2, 0) is 19.1 Å². The summed E-state index contributed by atoms with van der Waals surface area (Å²) in [5.41, 5.74) is -0.190. The first kappa shape index (κ1) is 18.4. The number of esters is 2. The van der Waals surface area contributed by atoms with Crippen LogP contribution in [0.5, 0.6) is 0 Å². The number of rotatable bonds is 6. The van der Waals surface area contributed by atoms with Gasteiger partial charge in [-0.3, -0.25) is 9.59 Å². The number of hydrogen-bond donors (Lipinski definition) is 0. The van der Waals surface area contributed by atoms with Gasteiger partial charge < -0.3 is 9.47 Å². The maximum absolute atomic E-state index is 11.7. The van der Waals surface area contributed by atoms with Crippen LogP contribution in [0, 0.1) is 0 Å². The molecule has 0 saturated carbocycles. The normalized spacial score (nSPS) is 15.6. The molecule has 0 rings (SSSR count). The quantitative estimate of drug-likeness (QED) is 0.430. The van der Waals surface area contributed by atoms with Gasteiger partial charge in [0.1, 0.15) is 6.42 Å². The number of ether oxygens (including phenoxy) is 2. The Labute approximate surface area is 118 Å². The van der Waals surface area contributed by atoms with E-state index in [1.165, 1.54) is 0 Å². The fourth-order valence-corrected chi connectivity index (χ4v) is 1.92. The summed E-state index contributed by atoms with van der Waals surface area (Å²) in [4.78, 5) is 23.3. The first-order chi connectivity index (χ1) is 8.34. The number of hydrogen-bond acceptors (Lipinski definition) is 4. The van der Waals surface area contributed by atoms with Crippen LogP contribution in [0.2, 0.25) is 39.3 Å². The smallest absolute Gasteiger partial charge is 0.317 e. The van der Waals surface area contributed by atoms with Gasteiger partial charge in [-0.25, -0.2) is 0 Å². The molecule has 112 valence electrons. The summed E-state index contributed by atoms with van der Waals surface area (Å²) in [5, 5.41) is 0. The predicted molar refractivity (Wildman–Crippen MR) is 82.4 cm³/mol. The van der Waals surface area contributed by atoms with E-state index >= 15 is 0 Å². The minimum absolute atomic E-state index is 0.0952. The number of carbonyl (C=O) groups excluding carboxylic acids is 2. The highest BCUT2D eigenvalue weighted by molar-refractivity contribution is 6.77. The summed E-state index contributed by atoms with van der Waals surface area (Å²) in [6.45, 7) is 16.5. The zero-order valence-electron chi connectivity index (χ0n) is 13.5. The van der Waals surface area contributed by atoms with Gasteiger partial charge in [-0.2, -0.15) is 0 Å². The van der Waals surface area contributed by atoms with E-state index < -0.39 is 28.1 Å². The van der Waals surface area contributed by atoms with E-state index in [0.717, 1.165) is 0 Å². The van der Waals surface area contributed by atoms with E-state index in [1.54, 1.807) is 0 Å². The summed E-state index contributed by atoms with van der Waals surface area (Å²) >= 11 is 0. The van der Waals surface area contributed by atoms with Gasteiger partial charge in [0.15, 0.2) is 0 Å². The first-order valence-corrected chi connectivity index (χ1v) is 13.9. The Bertz CT molecular complexity index is 297. The van der Waals surface area contributed by atoms with Gasteiger partial charge in [0.05, 0.1) is 27.6 Å². The summed E-state index contributed by atoms with van der Waals surface area (Å²) in [6.07, 6.45) is -0.288. The van der Waals surface area contributed by atoms with Crippen molar-refractivity contribution in [1.82, 2.24) is 0 Å². The van der Waals surface area contributed by atoms with Crippen LogP contribution in [0.1, 0.15) is 20.3 Å². The Kier molecular flexibility index (Phi) is 6.48. The van der Waals surface area contributed by atoms with E-state index in [9.17, 15) is 9.59 Å². The molecule has 0 aromatic rings. The Balaban J connectivity index is 4.25. The van der Waals surface area contributed by atoms with Crippen molar-refractivity contribution in [3.05, 3.63) is 0 Å². The van der Waals surface area contributed by atoms with Crippen molar-refractivity contribution in [2.45, 2.75) is 71.0 Å². The lowest BCUT2D eigenvalue weighted by Gasteiger charge is -2.26. The molecule has 0 aromatic heterocycles. The van der Waals surface area contributed by atoms with Crippen molar-refractivity contribution < 1.29 is 19.1 Å². The van der Waals surface area contributed by atoms with Crippen LogP contribution >= 0.6 is 0 Å². The minimum Gasteiger partial charge on any atom is -0.466 e. The second-order valence-corrected chi connectivity index (χ2v) is 18.3. The highest BCUT2D eigenvalue weighted by atomic mass is 28.3. The van der Waals surface area contributed by atoms with Crippen LogP contribution in [0.15, 0.2) is 0 Å². The van der Waals surface area contributed by atoms with Crippen molar-refractivity contribution in [1.29, 1.82) is 0 Å². The van der Waals surface area contributed by atoms with Gasteiger partial charge >= 0.3 is 11.9 Å². The third kappa shape index (κ3) is 7.52. The third-order valence-electron chi connectivity index (χ3n) is 3.34. The van der Waals surface area contributed by atoms with Crippen LogP contribution in [0.4, 0.5) is 0 Å². The topological polar surface area (TPSA) is 52.6 Å². The molecule has 2 atom stereocenters. The molecule has 0 saturated heterocycles. The molecule has 0 aliphatic carbocycles. The summed E-state index contributed by atoms with van der Waals surface area (Å²) < 4.78 is 10.6. The minimum atomic E-state index is -1.52. The fraction of sp³-hybridized carbons (Fsp3) is 0.846.